The lowest BCUT2D eigenvalue weighted by atomic mass is 9.85. The van der Waals surface area contributed by atoms with Crippen LogP contribution in [0.5, 0.6) is 5.75 Å². The average Bonchev–Trinajstić information content (AvgIpc) is 2.58. The highest BCUT2D eigenvalue weighted by Crippen LogP contribution is 2.42. The first kappa shape index (κ1) is 17.2. The van der Waals surface area contributed by atoms with Gasteiger partial charge in [-0.1, -0.05) is 6.07 Å². The molecule has 0 fully saturated rings. The largest absolute Gasteiger partial charge is 0.482 e. The Kier molecular flexibility index (Phi) is 4.61. The van der Waals surface area contributed by atoms with Crippen molar-refractivity contribution in [1.82, 2.24) is 4.57 Å². The molecule has 0 spiro atoms. The maximum Gasteiger partial charge on any atom is 0.251 e. The second-order valence-corrected chi connectivity index (χ2v) is 6.20. The average molecular weight is 344 g/mol. The molecule has 0 bridgehead atoms. The van der Waals surface area contributed by atoms with E-state index in [0.717, 1.165) is 0 Å². The molecular weight excluding hydrogens is 324 g/mol. The van der Waals surface area contributed by atoms with Gasteiger partial charge in [-0.15, -0.1) is 0 Å². The van der Waals surface area contributed by atoms with Crippen LogP contribution in [0.1, 0.15) is 18.5 Å². The molecule has 3 atom stereocenters. The molecule has 0 aliphatic carbocycles. The number of hydrogen-bond donors (Lipinski definition) is 2. The molecule has 0 saturated carbocycles. The Morgan fingerprint density at radius 1 is 1.40 bits per heavy atom. The number of aromatic nitrogens is 1. The number of nitrogens with one attached hydrogen (secondary N) is 1. The summed E-state index contributed by atoms with van der Waals surface area (Å²) in [5, 5.41) is 13.6. The third-order valence-electron chi connectivity index (χ3n) is 4.40. The number of nitrogens with zero attached hydrogens (tertiary/aromatic N) is 1. The summed E-state index contributed by atoms with van der Waals surface area (Å²) in [5.41, 5.74) is -0.107. The van der Waals surface area contributed by atoms with Crippen LogP contribution in [0.25, 0.3) is 0 Å². The summed E-state index contributed by atoms with van der Waals surface area (Å²) < 4.78 is 12.7. The van der Waals surface area contributed by atoms with Gasteiger partial charge in [-0.05, 0) is 31.2 Å². The summed E-state index contributed by atoms with van der Waals surface area (Å²) in [5.74, 6) is 0.530. The van der Waals surface area contributed by atoms with Gasteiger partial charge in [0.15, 0.2) is 5.60 Å². The molecule has 2 N–H and O–H groups in total. The summed E-state index contributed by atoms with van der Waals surface area (Å²) >= 11 is 0. The van der Waals surface area contributed by atoms with Crippen molar-refractivity contribution in [3.05, 3.63) is 58.5 Å². The molecule has 1 aliphatic rings. The van der Waals surface area contributed by atoms with E-state index in [1.807, 2.05) is 0 Å². The first-order chi connectivity index (χ1) is 12.0. The number of ether oxygens (including phenoxy) is 2. The zero-order valence-corrected chi connectivity index (χ0v) is 14.0. The molecular formula is C18H20N2O5. The molecule has 3 unspecified atom stereocenters. The summed E-state index contributed by atoms with van der Waals surface area (Å²) in [6, 6.07) is 9.23. The highest BCUT2D eigenvalue weighted by molar-refractivity contribution is 5.72. The molecule has 25 heavy (non-hydrogen) atoms. The fraction of sp³-hybridized carbons (Fsp3) is 0.333. The molecule has 7 heteroatoms. The van der Waals surface area contributed by atoms with Crippen LogP contribution in [0.2, 0.25) is 0 Å². The number of pyridine rings is 1. The minimum absolute atomic E-state index is 0.153. The third kappa shape index (κ3) is 3.04. The van der Waals surface area contributed by atoms with Crippen LogP contribution in [0.15, 0.2) is 47.4 Å². The van der Waals surface area contributed by atoms with Crippen LogP contribution in [-0.2, 0) is 9.53 Å². The fourth-order valence-electron chi connectivity index (χ4n) is 3.22. The number of rotatable bonds is 5. The SMILES string of the molecule is COCC1(C)Oc2ccc(NC=O)cc2C(n2ccccc2=O)C1O. The number of anilines is 1. The van der Waals surface area contributed by atoms with E-state index in [4.69, 9.17) is 9.47 Å². The van der Waals surface area contributed by atoms with Crippen molar-refractivity contribution in [2.24, 2.45) is 0 Å². The van der Waals surface area contributed by atoms with Crippen LogP contribution < -0.4 is 15.6 Å². The van der Waals surface area contributed by atoms with Gasteiger partial charge in [0.1, 0.15) is 11.9 Å². The van der Waals surface area contributed by atoms with Crippen LogP contribution >= 0.6 is 0 Å². The fourth-order valence-corrected chi connectivity index (χ4v) is 3.22. The lowest BCUT2D eigenvalue weighted by Crippen LogP contribution is -2.56. The summed E-state index contributed by atoms with van der Waals surface area (Å²) in [6.07, 6.45) is 1.16. The number of aliphatic hydroxyl groups is 1. The Hall–Kier alpha value is -2.64. The van der Waals surface area contributed by atoms with Gasteiger partial charge in [0.05, 0.1) is 12.6 Å². The molecule has 2 aromatic rings. The first-order valence-corrected chi connectivity index (χ1v) is 7.87. The molecule has 7 nitrogen and oxygen atoms in total. The highest BCUT2D eigenvalue weighted by Gasteiger charge is 2.47. The third-order valence-corrected chi connectivity index (χ3v) is 4.40. The van der Waals surface area contributed by atoms with Crippen molar-refractivity contribution in [3.63, 3.8) is 0 Å². The number of benzene rings is 1. The van der Waals surface area contributed by atoms with E-state index in [0.29, 0.717) is 23.4 Å². The van der Waals surface area contributed by atoms with Gasteiger partial charge in [-0.25, -0.2) is 0 Å². The van der Waals surface area contributed by atoms with E-state index in [9.17, 15) is 14.7 Å². The molecule has 1 aromatic carbocycles. The smallest absolute Gasteiger partial charge is 0.251 e. The Labute approximate surface area is 144 Å². The molecule has 0 radical (unpaired) electrons. The molecule has 1 aliphatic heterocycles. The van der Waals surface area contributed by atoms with E-state index >= 15 is 0 Å². The number of fused-ring (bicyclic) bond motifs is 1. The standard InChI is InChI=1S/C18H20N2O5/c1-18(10-24-2)17(23)16(20-8-4-3-5-15(20)22)13-9-12(19-11-21)6-7-14(13)25-18/h3-9,11,16-17,23H,10H2,1-2H3,(H,19,21). The number of amides is 1. The zero-order valence-electron chi connectivity index (χ0n) is 14.0. The molecule has 1 aromatic heterocycles. The van der Waals surface area contributed by atoms with E-state index in [-0.39, 0.29) is 12.2 Å². The summed E-state index contributed by atoms with van der Waals surface area (Å²) in [6.45, 7) is 1.89. The Balaban J connectivity index is 2.19. The number of carbonyl (C=O) groups is 1. The number of aliphatic hydroxyl groups excluding tert-OH is 1. The van der Waals surface area contributed by atoms with E-state index < -0.39 is 17.7 Å². The van der Waals surface area contributed by atoms with Crippen molar-refractivity contribution < 1.29 is 19.4 Å². The minimum atomic E-state index is -1.04. The number of carbonyl (C=O) groups excluding carboxylic acids is 1. The van der Waals surface area contributed by atoms with Gasteiger partial charge in [-0.3, -0.25) is 9.59 Å². The van der Waals surface area contributed by atoms with Crippen molar-refractivity contribution >= 4 is 12.1 Å². The van der Waals surface area contributed by atoms with Crippen molar-refractivity contribution in [1.29, 1.82) is 0 Å². The zero-order chi connectivity index (χ0) is 18.0. The van der Waals surface area contributed by atoms with E-state index in [1.54, 1.807) is 43.5 Å². The van der Waals surface area contributed by atoms with Crippen molar-refractivity contribution in [2.45, 2.75) is 24.7 Å². The van der Waals surface area contributed by atoms with E-state index in [1.165, 1.54) is 17.7 Å². The first-order valence-electron chi connectivity index (χ1n) is 7.87. The highest BCUT2D eigenvalue weighted by atomic mass is 16.6. The molecule has 3 rings (SSSR count). The van der Waals surface area contributed by atoms with Crippen molar-refractivity contribution in [2.75, 3.05) is 19.0 Å². The number of hydrogen-bond acceptors (Lipinski definition) is 5. The van der Waals surface area contributed by atoms with Gasteiger partial charge in [0.25, 0.3) is 5.56 Å². The van der Waals surface area contributed by atoms with Gasteiger partial charge in [0, 0.05) is 30.6 Å². The topological polar surface area (TPSA) is 89.8 Å². The van der Waals surface area contributed by atoms with Crippen LogP contribution in [0.4, 0.5) is 5.69 Å². The molecule has 2 heterocycles. The maximum atomic E-state index is 12.4. The predicted octanol–water partition coefficient (Wildman–Crippen LogP) is 1.16. The molecule has 0 saturated heterocycles. The summed E-state index contributed by atoms with van der Waals surface area (Å²) in [4.78, 5) is 23.1. The Morgan fingerprint density at radius 2 is 2.20 bits per heavy atom. The van der Waals surface area contributed by atoms with Crippen LogP contribution in [-0.4, -0.2) is 41.5 Å². The van der Waals surface area contributed by atoms with Crippen molar-refractivity contribution in [3.8, 4) is 5.75 Å². The van der Waals surface area contributed by atoms with Crippen LogP contribution in [0.3, 0.4) is 0 Å². The maximum absolute atomic E-state index is 12.4. The van der Waals surface area contributed by atoms with Crippen LogP contribution in [0, 0.1) is 0 Å². The Bertz CT molecular complexity index is 834. The van der Waals surface area contributed by atoms with Gasteiger partial charge in [0.2, 0.25) is 6.41 Å². The Morgan fingerprint density at radius 3 is 2.88 bits per heavy atom. The minimum Gasteiger partial charge on any atom is -0.482 e. The second kappa shape index (κ2) is 6.70. The summed E-state index contributed by atoms with van der Waals surface area (Å²) in [7, 11) is 1.53. The van der Waals surface area contributed by atoms with Gasteiger partial charge in [-0.2, -0.15) is 0 Å². The van der Waals surface area contributed by atoms with Gasteiger partial charge < -0.3 is 24.5 Å². The van der Waals surface area contributed by atoms with E-state index in [2.05, 4.69) is 5.32 Å². The number of methoxy groups -OCH3 is 1. The predicted molar refractivity (Wildman–Crippen MR) is 91.9 cm³/mol. The molecule has 1 amide bonds. The lowest BCUT2D eigenvalue weighted by Gasteiger charge is -2.44. The normalized spacial score (nSPS) is 24.9. The molecule has 132 valence electrons. The monoisotopic (exact) mass is 344 g/mol. The second-order valence-electron chi connectivity index (χ2n) is 6.20. The lowest BCUT2D eigenvalue weighted by molar-refractivity contribution is -0.109. The van der Waals surface area contributed by atoms with Gasteiger partial charge >= 0.3 is 0 Å². The quantitative estimate of drug-likeness (QED) is 0.795.